The Morgan fingerprint density at radius 3 is 3.00 bits per heavy atom. The van der Waals surface area contributed by atoms with Gasteiger partial charge in [0.2, 0.25) is 0 Å². The molecule has 2 aliphatic carbocycles. The van der Waals surface area contributed by atoms with Crippen LogP contribution in [0.1, 0.15) is 55.3 Å². The maximum atomic E-state index is 4.65. The minimum absolute atomic E-state index is 0.788. The lowest BCUT2D eigenvalue weighted by Crippen LogP contribution is -2.30. The van der Waals surface area contributed by atoms with E-state index in [1.165, 1.54) is 49.9 Å². The zero-order chi connectivity index (χ0) is 13.4. The van der Waals surface area contributed by atoms with Crippen LogP contribution in [0.15, 0.2) is 12.3 Å². The lowest BCUT2D eigenvalue weighted by Gasteiger charge is -2.24. The number of unbranched alkanes of at least 4 members (excludes halogenated alkanes) is 1. The first-order valence-electron chi connectivity index (χ1n) is 7.84. The van der Waals surface area contributed by atoms with Crippen molar-refractivity contribution < 1.29 is 0 Å². The third kappa shape index (κ3) is 2.43. The minimum Gasteiger partial charge on any atom is -0.303 e. The van der Waals surface area contributed by atoms with Gasteiger partial charge in [-0.3, -0.25) is 4.98 Å². The van der Waals surface area contributed by atoms with Gasteiger partial charge >= 0.3 is 0 Å². The van der Waals surface area contributed by atoms with Crippen LogP contribution >= 0.6 is 0 Å². The largest absolute Gasteiger partial charge is 0.303 e. The number of aryl methyl sites for hydroxylation is 1. The summed E-state index contributed by atoms with van der Waals surface area (Å²) in [7, 11) is 2.32. The van der Waals surface area contributed by atoms with Crippen molar-refractivity contribution in [3.8, 4) is 0 Å². The van der Waals surface area contributed by atoms with Crippen molar-refractivity contribution in [3.63, 3.8) is 0 Å². The third-order valence-corrected chi connectivity index (χ3v) is 5.15. The third-order valence-electron chi connectivity index (χ3n) is 5.15. The van der Waals surface area contributed by atoms with Gasteiger partial charge in [0.05, 0.1) is 0 Å². The standard InChI is InChI=1S/C17H26N2/c1-4-5-6-19(3)14-8-13-9-17-16(15(13)10-14)7-12(2)11-18-17/h7,11,13-15H,4-6,8-10H2,1-3H3. The second-order valence-electron chi connectivity index (χ2n) is 6.58. The molecule has 2 aliphatic rings. The summed E-state index contributed by atoms with van der Waals surface area (Å²) in [5.74, 6) is 1.65. The van der Waals surface area contributed by atoms with Gasteiger partial charge in [0.15, 0.2) is 0 Å². The molecule has 1 saturated carbocycles. The van der Waals surface area contributed by atoms with E-state index in [9.17, 15) is 0 Å². The average molecular weight is 258 g/mol. The molecule has 1 aromatic rings. The lowest BCUT2D eigenvalue weighted by atomic mass is 9.96. The van der Waals surface area contributed by atoms with Gasteiger partial charge in [0, 0.05) is 17.9 Å². The monoisotopic (exact) mass is 258 g/mol. The molecule has 1 heterocycles. The van der Waals surface area contributed by atoms with E-state index in [1.54, 1.807) is 5.56 Å². The van der Waals surface area contributed by atoms with Gasteiger partial charge < -0.3 is 4.90 Å². The summed E-state index contributed by atoms with van der Waals surface area (Å²) in [6, 6.07) is 3.19. The summed E-state index contributed by atoms with van der Waals surface area (Å²) in [6.07, 6.45) is 8.61. The smallest absolute Gasteiger partial charge is 0.0441 e. The van der Waals surface area contributed by atoms with Crippen molar-refractivity contribution in [1.29, 1.82) is 0 Å². The lowest BCUT2D eigenvalue weighted by molar-refractivity contribution is 0.235. The zero-order valence-electron chi connectivity index (χ0n) is 12.5. The van der Waals surface area contributed by atoms with Crippen molar-refractivity contribution in [2.45, 2.75) is 57.9 Å². The van der Waals surface area contributed by atoms with Crippen molar-refractivity contribution in [2.75, 3.05) is 13.6 Å². The van der Waals surface area contributed by atoms with Gasteiger partial charge in [-0.25, -0.2) is 0 Å². The predicted octanol–water partition coefficient (Wildman–Crippen LogP) is 3.54. The Hall–Kier alpha value is -0.890. The maximum absolute atomic E-state index is 4.65. The Morgan fingerprint density at radius 2 is 2.21 bits per heavy atom. The van der Waals surface area contributed by atoms with Gasteiger partial charge in [-0.2, -0.15) is 0 Å². The summed E-state index contributed by atoms with van der Waals surface area (Å²) >= 11 is 0. The van der Waals surface area contributed by atoms with Gasteiger partial charge in [-0.05, 0) is 69.2 Å². The summed E-state index contributed by atoms with van der Waals surface area (Å²) in [4.78, 5) is 7.25. The fourth-order valence-electron chi connectivity index (χ4n) is 4.01. The van der Waals surface area contributed by atoms with Gasteiger partial charge in [-0.15, -0.1) is 0 Å². The molecular weight excluding hydrogens is 232 g/mol. The Bertz CT molecular complexity index is 455. The first-order chi connectivity index (χ1) is 9.19. The first kappa shape index (κ1) is 13.1. The Morgan fingerprint density at radius 1 is 1.37 bits per heavy atom. The topological polar surface area (TPSA) is 16.1 Å². The fraction of sp³-hybridized carbons (Fsp3) is 0.706. The number of fused-ring (bicyclic) bond motifs is 3. The number of rotatable bonds is 4. The second kappa shape index (κ2) is 5.24. The molecule has 19 heavy (non-hydrogen) atoms. The number of aromatic nitrogens is 1. The predicted molar refractivity (Wildman–Crippen MR) is 79.5 cm³/mol. The summed E-state index contributed by atoms with van der Waals surface area (Å²) < 4.78 is 0. The van der Waals surface area contributed by atoms with Gasteiger partial charge in [0.1, 0.15) is 0 Å². The van der Waals surface area contributed by atoms with Crippen molar-refractivity contribution in [3.05, 3.63) is 29.1 Å². The van der Waals surface area contributed by atoms with E-state index < -0.39 is 0 Å². The molecular formula is C17H26N2. The van der Waals surface area contributed by atoms with Crippen LogP contribution < -0.4 is 0 Å². The highest BCUT2D eigenvalue weighted by atomic mass is 15.1. The molecule has 104 valence electrons. The summed E-state index contributed by atoms with van der Waals surface area (Å²) in [6.45, 7) is 5.71. The molecule has 0 radical (unpaired) electrons. The van der Waals surface area contributed by atoms with Crippen LogP contribution in [-0.4, -0.2) is 29.5 Å². The number of nitrogens with zero attached hydrogens (tertiary/aromatic N) is 2. The highest BCUT2D eigenvalue weighted by Crippen LogP contribution is 2.48. The molecule has 2 heteroatoms. The molecule has 0 N–H and O–H groups in total. The molecule has 0 amide bonds. The van der Waals surface area contributed by atoms with Crippen LogP contribution in [0.4, 0.5) is 0 Å². The molecule has 3 atom stereocenters. The van der Waals surface area contributed by atoms with E-state index in [0.717, 1.165) is 17.9 Å². The molecule has 3 rings (SSSR count). The first-order valence-corrected chi connectivity index (χ1v) is 7.84. The van der Waals surface area contributed by atoms with Crippen molar-refractivity contribution >= 4 is 0 Å². The molecule has 1 aromatic heterocycles. The highest BCUT2D eigenvalue weighted by Gasteiger charge is 2.42. The highest BCUT2D eigenvalue weighted by molar-refractivity contribution is 5.35. The Balaban J connectivity index is 1.70. The molecule has 0 saturated heterocycles. The molecule has 0 aromatic carbocycles. The van der Waals surface area contributed by atoms with Crippen LogP contribution in [-0.2, 0) is 6.42 Å². The number of hydrogen-bond acceptors (Lipinski definition) is 2. The maximum Gasteiger partial charge on any atom is 0.0441 e. The van der Waals surface area contributed by atoms with E-state index >= 15 is 0 Å². The summed E-state index contributed by atoms with van der Waals surface area (Å²) in [5, 5.41) is 0. The van der Waals surface area contributed by atoms with Crippen molar-refractivity contribution in [1.82, 2.24) is 9.88 Å². The van der Waals surface area contributed by atoms with Gasteiger partial charge in [-0.1, -0.05) is 19.4 Å². The van der Waals surface area contributed by atoms with Crippen LogP contribution in [0.5, 0.6) is 0 Å². The van der Waals surface area contributed by atoms with Crippen LogP contribution in [0.2, 0.25) is 0 Å². The molecule has 3 unspecified atom stereocenters. The summed E-state index contributed by atoms with van der Waals surface area (Å²) in [5.41, 5.74) is 4.27. The molecule has 2 nitrogen and oxygen atoms in total. The molecule has 0 spiro atoms. The normalized spacial score (nSPS) is 28.7. The number of pyridine rings is 1. The SMILES string of the molecule is CCCCN(C)C1CC2Cc3ncc(C)cc3C2C1. The fourth-order valence-corrected chi connectivity index (χ4v) is 4.01. The average Bonchev–Trinajstić information content (AvgIpc) is 2.94. The molecule has 0 bridgehead atoms. The second-order valence-corrected chi connectivity index (χ2v) is 6.58. The van der Waals surface area contributed by atoms with Crippen molar-refractivity contribution in [2.24, 2.45) is 5.92 Å². The molecule has 1 fully saturated rings. The van der Waals surface area contributed by atoms with E-state index in [4.69, 9.17) is 0 Å². The number of hydrogen-bond donors (Lipinski definition) is 0. The molecule has 0 aliphatic heterocycles. The van der Waals surface area contributed by atoms with E-state index in [2.05, 4.69) is 36.8 Å². The van der Waals surface area contributed by atoms with Crippen LogP contribution in [0.3, 0.4) is 0 Å². The Kier molecular flexibility index (Phi) is 3.62. The van der Waals surface area contributed by atoms with E-state index in [0.29, 0.717) is 0 Å². The van der Waals surface area contributed by atoms with Gasteiger partial charge in [0.25, 0.3) is 0 Å². The Labute approximate surface area is 117 Å². The minimum atomic E-state index is 0.788. The van der Waals surface area contributed by atoms with E-state index in [-0.39, 0.29) is 0 Å². The quantitative estimate of drug-likeness (QED) is 0.821. The van der Waals surface area contributed by atoms with Crippen LogP contribution in [0, 0.1) is 12.8 Å². The zero-order valence-corrected chi connectivity index (χ0v) is 12.5. The van der Waals surface area contributed by atoms with E-state index in [1.807, 2.05) is 6.20 Å². The van der Waals surface area contributed by atoms with Crippen LogP contribution in [0.25, 0.3) is 0 Å².